The van der Waals surface area contributed by atoms with E-state index in [1.165, 1.54) is 4.57 Å². The van der Waals surface area contributed by atoms with Crippen molar-refractivity contribution in [3.8, 4) is 0 Å². The fourth-order valence-corrected chi connectivity index (χ4v) is 2.79. The number of hydrogen-bond donors (Lipinski definition) is 0. The van der Waals surface area contributed by atoms with E-state index in [1.807, 2.05) is 25.1 Å². The standard InChI is InChI=1S/C17H25N3O2.ClH/c1-4-11-19-15-10-8-7-9-14(15)16(21)20(17(19)22)13-12-18(5-2)6-3;/h7-10H,4-6,11-13H2,1-3H3;1H. The van der Waals surface area contributed by atoms with Crippen molar-refractivity contribution in [1.82, 2.24) is 14.0 Å². The summed E-state index contributed by atoms with van der Waals surface area (Å²) in [6.45, 7) is 9.83. The van der Waals surface area contributed by atoms with Crippen molar-refractivity contribution in [2.75, 3.05) is 19.6 Å². The Morgan fingerprint density at radius 2 is 1.61 bits per heavy atom. The van der Waals surface area contributed by atoms with Gasteiger partial charge in [0.05, 0.1) is 10.9 Å². The van der Waals surface area contributed by atoms with Gasteiger partial charge in [0.1, 0.15) is 0 Å². The SMILES string of the molecule is CCCn1c(=O)n(CCN(CC)CC)c(=O)c2ccccc21.Cl. The first-order valence-corrected chi connectivity index (χ1v) is 8.08. The van der Waals surface area contributed by atoms with Gasteiger partial charge in [0.2, 0.25) is 0 Å². The van der Waals surface area contributed by atoms with Gasteiger partial charge in [-0.3, -0.25) is 13.9 Å². The topological polar surface area (TPSA) is 47.2 Å². The quantitative estimate of drug-likeness (QED) is 0.778. The van der Waals surface area contributed by atoms with Crippen LogP contribution >= 0.6 is 12.4 Å². The minimum absolute atomic E-state index is 0. The van der Waals surface area contributed by atoms with Gasteiger partial charge >= 0.3 is 5.69 Å². The van der Waals surface area contributed by atoms with Crippen LogP contribution in [0, 0.1) is 0 Å². The normalized spacial score (nSPS) is 11.0. The van der Waals surface area contributed by atoms with E-state index in [0.29, 0.717) is 25.0 Å². The largest absolute Gasteiger partial charge is 0.331 e. The lowest BCUT2D eigenvalue weighted by atomic mass is 10.2. The van der Waals surface area contributed by atoms with Crippen molar-refractivity contribution in [1.29, 1.82) is 0 Å². The molecular formula is C17H26ClN3O2. The molecule has 6 heteroatoms. The van der Waals surface area contributed by atoms with Crippen LogP contribution in [0.5, 0.6) is 0 Å². The van der Waals surface area contributed by atoms with Crippen LogP contribution in [0.1, 0.15) is 27.2 Å². The number of para-hydroxylation sites is 1. The first-order valence-electron chi connectivity index (χ1n) is 8.08. The molecule has 1 aromatic carbocycles. The Labute approximate surface area is 142 Å². The fraction of sp³-hybridized carbons (Fsp3) is 0.529. The molecule has 0 radical (unpaired) electrons. The van der Waals surface area contributed by atoms with Gasteiger partial charge in [0.25, 0.3) is 5.56 Å². The van der Waals surface area contributed by atoms with Crippen LogP contribution in [0.15, 0.2) is 33.9 Å². The highest BCUT2D eigenvalue weighted by molar-refractivity contribution is 5.85. The summed E-state index contributed by atoms with van der Waals surface area (Å²) < 4.78 is 3.11. The van der Waals surface area contributed by atoms with E-state index >= 15 is 0 Å². The first-order chi connectivity index (χ1) is 10.6. The molecule has 0 amide bonds. The summed E-state index contributed by atoms with van der Waals surface area (Å²) in [5, 5.41) is 0.620. The predicted octanol–water partition coefficient (Wildman–Crippen LogP) is 2.34. The number of hydrogen-bond acceptors (Lipinski definition) is 3. The van der Waals surface area contributed by atoms with E-state index in [2.05, 4.69) is 18.7 Å². The average molecular weight is 340 g/mol. The lowest BCUT2D eigenvalue weighted by molar-refractivity contribution is 0.286. The van der Waals surface area contributed by atoms with Gasteiger partial charge in [-0.25, -0.2) is 4.79 Å². The molecule has 0 bridgehead atoms. The smallest absolute Gasteiger partial charge is 0.302 e. The van der Waals surface area contributed by atoms with E-state index in [4.69, 9.17) is 0 Å². The zero-order valence-electron chi connectivity index (χ0n) is 14.1. The van der Waals surface area contributed by atoms with Gasteiger partial charge in [0, 0.05) is 19.6 Å². The summed E-state index contributed by atoms with van der Waals surface area (Å²) in [5.41, 5.74) is 0.358. The van der Waals surface area contributed by atoms with Crippen LogP contribution in [-0.4, -0.2) is 33.7 Å². The summed E-state index contributed by atoms with van der Waals surface area (Å²) >= 11 is 0. The lowest BCUT2D eigenvalue weighted by Gasteiger charge is -2.19. The summed E-state index contributed by atoms with van der Waals surface area (Å²) in [4.78, 5) is 27.5. The van der Waals surface area contributed by atoms with E-state index in [9.17, 15) is 9.59 Å². The molecule has 2 aromatic rings. The Bertz CT molecular complexity index is 748. The number of aryl methyl sites for hydroxylation is 1. The second-order valence-electron chi connectivity index (χ2n) is 5.44. The van der Waals surface area contributed by atoms with E-state index in [-0.39, 0.29) is 23.7 Å². The number of benzene rings is 1. The van der Waals surface area contributed by atoms with E-state index in [0.717, 1.165) is 25.0 Å². The van der Waals surface area contributed by atoms with E-state index < -0.39 is 0 Å². The molecule has 23 heavy (non-hydrogen) atoms. The molecule has 0 unspecified atom stereocenters. The molecule has 1 heterocycles. The summed E-state index contributed by atoms with van der Waals surface area (Å²) in [7, 11) is 0. The maximum absolute atomic E-state index is 12.7. The highest BCUT2D eigenvalue weighted by Crippen LogP contribution is 2.08. The summed E-state index contributed by atoms with van der Waals surface area (Å²) in [5.74, 6) is 0. The molecule has 0 spiro atoms. The van der Waals surface area contributed by atoms with E-state index in [1.54, 1.807) is 10.6 Å². The molecule has 5 nitrogen and oxygen atoms in total. The molecule has 0 atom stereocenters. The third-order valence-corrected chi connectivity index (χ3v) is 4.11. The number of aromatic nitrogens is 2. The van der Waals surface area contributed by atoms with Gasteiger partial charge in [-0.05, 0) is 31.6 Å². The maximum atomic E-state index is 12.7. The van der Waals surface area contributed by atoms with Crippen molar-refractivity contribution in [2.45, 2.75) is 40.3 Å². The van der Waals surface area contributed by atoms with Gasteiger partial charge in [-0.15, -0.1) is 12.4 Å². The Kier molecular flexibility index (Phi) is 7.52. The highest BCUT2D eigenvalue weighted by atomic mass is 35.5. The Hall–Kier alpha value is -1.59. The van der Waals surface area contributed by atoms with Crippen LogP contribution < -0.4 is 11.2 Å². The van der Waals surface area contributed by atoms with Crippen molar-refractivity contribution in [3.05, 3.63) is 45.1 Å². The van der Waals surface area contributed by atoms with Gasteiger partial charge in [0.15, 0.2) is 0 Å². The molecule has 0 aliphatic heterocycles. The first kappa shape index (κ1) is 19.5. The van der Waals surface area contributed by atoms with Crippen LogP contribution in [0.2, 0.25) is 0 Å². The predicted molar refractivity (Wildman–Crippen MR) is 97.8 cm³/mol. The fourth-order valence-electron chi connectivity index (χ4n) is 2.79. The molecular weight excluding hydrogens is 314 g/mol. The Morgan fingerprint density at radius 3 is 2.22 bits per heavy atom. The summed E-state index contributed by atoms with van der Waals surface area (Å²) in [6, 6.07) is 7.37. The number of halogens is 1. The molecule has 0 aliphatic rings. The van der Waals surface area contributed by atoms with Crippen LogP contribution in [0.25, 0.3) is 10.9 Å². The lowest BCUT2D eigenvalue weighted by Crippen LogP contribution is -2.42. The highest BCUT2D eigenvalue weighted by Gasteiger charge is 2.12. The molecule has 0 saturated carbocycles. The molecule has 128 valence electrons. The minimum Gasteiger partial charge on any atom is -0.302 e. The van der Waals surface area contributed by atoms with Crippen molar-refractivity contribution in [2.24, 2.45) is 0 Å². The van der Waals surface area contributed by atoms with Crippen LogP contribution in [0.4, 0.5) is 0 Å². The molecule has 0 N–H and O–H groups in total. The zero-order chi connectivity index (χ0) is 16.1. The number of fused-ring (bicyclic) bond motifs is 1. The molecule has 1 aromatic heterocycles. The van der Waals surface area contributed by atoms with Gasteiger partial charge in [-0.1, -0.05) is 32.9 Å². The average Bonchev–Trinajstić information content (AvgIpc) is 2.55. The number of nitrogens with zero attached hydrogens (tertiary/aromatic N) is 3. The van der Waals surface area contributed by atoms with Gasteiger partial charge < -0.3 is 4.90 Å². The van der Waals surface area contributed by atoms with Crippen LogP contribution in [0.3, 0.4) is 0 Å². The molecule has 0 aliphatic carbocycles. The minimum atomic E-state index is -0.197. The zero-order valence-corrected chi connectivity index (χ0v) is 14.9. The molecule has 0 saturated heterocycles. The second-order valence-corrected chi connectivity index (χ2v) is 5.44. The monoisotopic (exact) mass is 339 g/mol. The van der Waals surface area contributed by atoms with Crippen molar-refractivity contribution >= 4 is 23.3 Å². The summed E-state index contributed by atoms with van der Waals surface area (Å²) in [6.07, 6.45) is 0.859. The maximum Gasteiger partial charge on any atom is 0.331 e. The van der Waals surface area contributed by atoms with Crippen molar-refractivity contribution < 1.29 is 0 Å². The number of rotatable bonds is 7. The van der Waals surface area contributed by atoms with Crippen molar-refractivity contribution in [3.63, 3.8) is 0 Å². The Morgan fingerprint density at radius 1 is 0.957 bits per heavy atom. The number of likely N-dealkylation sites (N-methyl/N-ethyl adjacent to an activating group) is 1. The van der Waals surface area contributed by atoms with Crippen LogP contribution in [-0.2, 0) is 13.1 Å². The van der Waals surface area contributed by atoms with Gasteiger partial charge in [-0.2, -0.15) is 0 Å². The molecule has 0 fully saturated rings. The molecule has 2 rings (SSSR count). The second kappa shape index (κ2) is 8.89. The third kappa shape index (κ3) is 4.03. The third-order valence-electron chi connectivity index (χ3n) is 4.11. The Balaban J connectivity index is 0.00000264.